The molecule has 0 aromatic heterocycles. The molecular weight excluding hydrogens is 244 g/mol. The van der Waals surface area contributed by atoms with Gasteiger partial charge in [-0.05, 0) is 18.2 Å². The number of carbonyl (C=O) groups excluding carboxylic acids is 1. The zero-order valence-electron chi connectivity index (χ0n) is 9.34. The number of nitrogens with two attached hydrogens (primary N) is 2. The lowest BCUT2D eigenvalue weighted by atomic mass is 10.2. The summed E-state index contributed by atoms with van der Waals surface area (Å²) in [6.45, 7) is -0.188. The fraction of sp³-hybridized carbons (Fsp3) is 0.300. The largest absolute Gasteiger partial charge is 0.461 e. The Morgan fingerprint density at radius 3 is 2.24 bits per heavy atom. The zero-order valence-corrected chi connectivity index (χ0v) is 10.2. The summed E-state index contributed by atoms with van der Waals surface area (Å²) in [6.07, 6.45) is 1.07. The van der Waals surface area contributed by atoms with Gasteiger partial charge in [0.15, 0.2) is 9.84 Å². The molecule has 1 aromatic carbocycles. The van der Waals surface area contributed by atoms with Gasteiger partial charge in [0.2, 0.25) is 0 Å². The van der Waals surface area contributed by atoms with Gasteiger partial charge in [0.1, 0.15) is 6.61 Å². The second-order valence-corrected chi connectivity index (χ2v) is 5.91. The molecule has 0 bridgehead atoms. The third-order valence-electron chi connectivity index (χ3n) is 1.90. The number of ether oxygens (including phenoxy) is 1. The highest BCUT2D eigenvalue weighted by Crippen LogP contribution is 2.14. The summed E-state index contributed by atoms with van der Waals surface area (Å²) in [6, 6.07) is 4.34. The number of benzene rings is 1. The quantitative estimate of drug-likeness (QED) is 0.583. The average Bonchev–Trinajstić information content (AvgIpc) is 2.13. The van der Waals surface area contributed by atoms with Crippen LogP contribution in [0.2, 0.25) is 0 Å². The monoisotopic (exact) mass is 258 g/mol. The van der Waals surface area contributed by atoms with Crippen molar-refractivity contribution in [2.45, 2.75) is 0 Å². The molecule has 1 aromatic rings. The van der Waals surface area contributed by atoms with Crippen molar-refractivity contribution in [2.24, 2.45) is 0 Å². The van der Waals surface area contributed by atoms with Crippen LogP contribution in [0.25, 0.3) is 0 Å². The summed E-state index contributed by atoms with van der Waals surface area (Å²) < 4.78 is 26.4. The fourth-order valence-corrected chi connectivity index (χ4v) is 1.55. The fourth-order valence-electron chi connectivity index (χ4n) is 1.16. The van der Waals surface area contributed by atoms with Crippen molar-refractivity contribution >= 4 is 27.2 Å². The molecule has 0 spiro atoms. The van der Waals surface area contributed by atoms with Crippen molar-refractivity contribution < 1.29 is 17.9 Å². The first-order valence-electron chi connectivity index (χ1n) is 4.79. The smallest absolute Gasteiger partial charge is 0.338 e. The molecule has 0 aliphatic rings. The van der Waals surface area contributed by atoms with Crippen molar-refractivity contribution in [1.82, 2.24) is 0 Å². The summed E-state index contributed by atoms with van der Waals surface area (Å²) in [4.78, 5) is 11.5. The highest BCUT2D eigenvalue weighted by molar-refractivity contribution is 7.90. The van der Waals surface area contributed by atoms with E-state index in [2.05, 4.69) is 0 Å². The van der Waals surface area contributed by atoms with Crippen LogP contribution in [0, 0.1) is 0 Å². The first-order valence-corrected chi connectivity index (χ1v) is 6.85. The molecule has 94 valence electrons. The van der Waals surface area contributed by atoms with Crippen LogP contribution in [-0.4, -0.2) is 33.0 Å². The van der Waals surface area contributed by atoms with Gasteiger partial charge in [-0.1, -0.05) is 0 Å². The standard InChI is InChI=1S/C10H14N2O4S/c1-17(14,15)3-2-16-10(13)7-4-8(11)6-9(12)5-7/h4-6H,2-3,11-12H2,1H3. The number of carbonyl (C=O) groups is 1. The Balaban J connectivity index is 2.64. The first kappa shape index (κ1) is 13.3. The number of anilines is 2. The topological polar surface area (TPSA) is 112 Å². The van der Waals surface area contributed by atoms with E-state index in [1.807, 2.05) is 0 Å². The lowest BCUT2D eigenvalue weighted by Crippen LogP contribution is -2.14. The molecule has 0 radical (unpaired) electrons. The summed E-state index contributed by atoms with van der Waals surface area (Å²) in [5, 5.41) is 0. The molecule has 17 heavy (non-hydrogen) atoms. The Labute approximate surface area is 99.5 Å². The van der Waals surface area contributed by atoms with E-state index in [9.17, 15) is 13.2 Å². The van der Waals surface area contributed by atoms with Crippen LogP contribution in [0.1, 0.15) is 10.4 Å². The molecule has 0 atom stereocenters. The van der Waals surface area contributed by atoms with Gasteiger partial charge in [0.25, 0.3) is 0 Å². The summed E-state index contributed by atoms with van der Waals surface area (Å²) >= 11 is 0. The minimum Gasteiger partial charge on any atom is -0.461 e. The summed E-state index contributed by atoms with van der Waals surface area (Å²) in [7, 11) is -3.14. The number of nitrogen functional groups attached to an aromatic ring is 2. The van der Waals surface area contributed by atoms with Crippen molar-refractivity contribution in [3.63, 3.8) is 0 Å². The minimum absolute atomic E-state index is 0.188. The highest BCUT2D eigenvalue weighted by atomic mass is 32.2. The van der Waals surface area contributed by atoms with E-state index in [4.69, 9.17) is 16.2 Å². The lowest BCUT2D eigenvalue weighted by Gasteiger charge is -2.05. The maximum Gasteiger partial charge on any atom is 0.338 e. The van der Waals surface area contributed by atoms with Crippen molar-refractivity contribution in [3.05, 3.63) is 23.8 Å². The number of hydrogen-bond acceptors (Lipinski definition) is 6. The molecule has 1 rings (SSSR count). The molecule has 0 aliphatic heterocycles. The maximum absolute atomic E-state index is 11.5. The van der Waals surface area contributed by atoms with E-state index in [0.717, 1.165) is 6.26 Å². The lowest BCUT2D eigenvalue weighted by molar-refractivity contribution is 0.0529. The van der Waals surface area contributed by atoms with Gasteiger partial charge in [-0.15, -0.1) is 0 Å². The number of esters is 1. The number of hydrogen-bond donors (Lipinski definition) is 2. The van der Waals surface area contributed by atoms with Crippen LogP contribution in [0.4, 0.5) is 11.4 Å². The van der Waals surface area contributed by atoms with Crippen LogP contribution in [0.3, 0.4) is 0 Å². The van der Waals surface area contributed by atoms with Crippen LogP contribution >= 0.6 is 0 Å². The third kappa shape index (κ3) is 4.73. The Bertz CT molecular complexity index is 505. The molecule has 0 aliphatic carbocycles. The first-order chi connectivity index (χ1) is 7.78. The van der Waals surface area contributed by atoms with Gasteiger partial charge >= 0.3 is 5.97 Å². The normalized spacial score (nSPS) is 11.1. The molecule has 0 unspecified atom stereocenters. The molecule has 0 saturated carbocycles. The van der Waals surface area contributed by atoms with Gasteiger partial charge < -0.3 is 16.2 Å². The van der Waals surface area contributed by atoms with E-state index < -0.39 is 15.8 Å². The SMILES string of the molecule is CS(=O)(=O)CCOC(=O)c1cc(N)cc(N)c1. The van der Waals surface area contributed by atoms with E-state index >= 15 is 0 Å². The highest BCUT2D eigenvalue weighted by Gasteiger charge is 2.10. The summed E-state index contributed by atoms with van der Waals surface area (Å²) in [5.41, 5.74) is 11.9. The molecular formula is C10H14N2O4S. The minimum atomic E-state index is -3.14. The van der Waals surface area contributed by atoms with Crippen LogP contribution in [-0.2, 0) is 14.6 Å². The third-order valence-corrected chi connectivity index (χ3v) is 2.81. The molecule has 0 amide bonds. The van der Waals surface area contributed by atoms with Gasteiger partial charge in [0, 0.05) is 17.6 Å². The zero-order chi connectivity index (χ0) is 13.1. The predicted octanol–water partition coefficient (Wildman–Crippen LogP) is 0.0524. The van der Waals surface area contributed by atoms with Crippen LogP contribution < -0.4 is 11.5 Å². The Hall–Kier alpha value is -1.76. The molecule has 6 nitrogen and oxygen atoms in total. The Kier molecular flexibility index (Phi) is 3.95. The number of sulfone groups is 1. The van der Waals surface area contributed by atoms with Gasteiger partial charge in [-0.3, -0.25) is 0 Å². The van der Waals surface area contributed by atoms with E-state index in [1.165, 1.54) is 18.2 Å². The molecule has 0 heterocycles. The van der Waals surface area contributed by atoms with E-state index in [0.29, 0.717) is 11.4 Å². The molecule has 7 heteroatoms. The second kappa shape index (κ2) is 5.05. The molecule has 0 fully saturated rings. The van der Waals surface area contributed by atoms with Crippen LogP contribution in [0.5, 0.6) is 0 Å². The Morgan fingerprint density at radius 1 is 1.24 bits per heavy atom. The second-order valence-electron chi connectivity index (χ2n) is 3.65. The average molecular weight is 258 g/mol. The van der Waals surface area contributed by atoms with Gasteiger partial charge in [-0.2, -0.15) is 0 Å². The van der Waals surface area contributed by atoms with E-state index in [-0.39, 0.29) is 17.9 Å². The van der Waals surface area contributed by atoms with Crippen LogP contribution in [0.15, 0.2) is 18.2 Å². The van der Waals surface area contributed by atoms with Crippen molar-refractivity contribution in [2.75, 3.05) is 30.1 Å². The maximum atomic E-state index is 11.5. The van der Waals surface area contributed by atoms with Gasteiger partial charge in [0.05, 0.1) is 11.3 Å². The van der Waals surface area contributed by atoms with Crippen molar-refractivity contribution in [1.29, 1.82) is 0 Å². The summed E-state index contributed by atoms with van der Waals surface area (Å²) in [5.74, 6) is -0.857. The Morgan fingerprint density at radius 2 is 1.76 bits per heavy atom. The molecule has 0 saturated heterocycles. The number of rotatable bonds is 4. The molecule has 4 N–H and O–H groups in total. The van der Waals surface area contributed by atoms with Gasteiger partial charge in [-0.25, -0.2) is 13.2 Å². The van der Waals surface area contributed by atoms with E-state index in [1.54, 1.807) is 0 Å². The van der Waals surface area contributed by atoms with Crippen molar-refractivity contribution in [3.8, 4) is 0 Å². The predicted molar refractivity (Wildman–Crippen MR) is 65.3 cm³/mol.